The zero-order valence-electron chi connectivity index (χ0n) is 16.4. The van der Waals surface area contributed by atoms with Crippen LogP contribution in [0.2, 0.25) is 0 Å². The van der Waals surface area contributed by atoms with E-state index in [4.69, 9.17) is 4.18 Å². The summed E-state index contributed by atoms with van der Waals surface area (Å²) >= 11 is 0. The summed E-state index contributed by atoms with van der Waals surface area (Å²) in [5.74, 6) is 0.282. The van der Waals surface area contributed by atoms with Crippen LogP contribution in [0.15, 0.2) is 52.3 Å². The molecular formula is C18H22N2O7S2. The minimum Gasteiger partial charge on any atom is -0.379 e. The zero-order chi connectivity index (χ0) is 22.0. The number of hydrogen-bond donors (Lipinski definition) is 0. The second-order valence-electron chi connectivity index (χ2n) is 6.59. The molecule has 1 unspecified atom stereocenters. The normalized spacial score (nSPS) is 13.3. The fraction of sp³-hybridized carbons (Fsp3) is 0.333. The van der Waals surface area contributed by atoms with Gasteiger partial charge < -0.3 is 4.18 Å². The molecule has 29 heavy (non-hydrogen) atoms. The van der Waals surface area contributed by atoms with Crippen LogP contribution in [0.1, 0.15) is 31.7 Å². The first-order valence-electron chi connectivity index (χ1n) is 8.65. The molecule has 0 aliphatic carbocycles. The van der Waals surface area contributed by atoms with Gasteiger partial charge in [0.05, 0.1) is 9.82 Å². The predicted octanol–water partition coefficient (Wildman–Crippen LogP) is 3.13. The largest absolute Gasteiger partial charge is 0.379 e. The van der Waals surface area contributed by atoms with E-state index in [0.29, 0.717) is 6.07 Å². The lowest BCUT2D eigenvalue weighted by atomic mass is 9.99. The second-order valence-corrected chi connectivity index (χ2v) is 10.3. The van der Waals surface area contributed by atoms with Crippen LogP contribution in [0.5, 0.6) is 5.75 Å². The summed E-state index contributed by atoms with van der Waals surface area (Å²) in [6.07, 6.45) is 0.910. The molecule has 2 rings (SSSR count). The number of nitro groups is 1. The van der Waals surface area contributed by atoms with Crippen molar-refractivity contribution in [2.24, 2.45) is 0 Å². The first kappa shape index (κ1) is 22.8. The lowest BCUT2D eigenvalue weighted by Gasteiger charge is -2.13. The average Bonchev–Trinajstić information content (AvgIpc) is 2.66. The molecule has 0 aliphatic rings. The smallest absolute Gasteiger partial charge is 0.346 e. The van der Waals surface area contributed by atoms with Gasteiger partial charge in [-0.05, 0) is 42.2 Å². The van der Waals surface area contributed by atoms with Crippen LogP contribution >= 0.6 is 0 Å². The molecular weight excluding hydrogens is 420 g/mol. The summed E-state index contributed by atoms with van der Waals surface area (Å²) in [7, 11) is -6.01. The third-order valence-electron chi connectivity index (χ3n) is 4.44. The van der Waals surface area contributed by atoms with Gasteiger partial charge in [-0.3, -0.25) is 10.1 Å². The fourth-order valence-corrected chi connectivity index (χ4v) is 4.48. The maximum absolute atomic E-state index is 12.6. The predicted molar refractivity (Wildman–Crippen MR) is 107 cm³/mol. The van der Waals surface area contributed by atoms with Crippen LogP contribution in [-0.2, 0) is 20.1 Å². The van der Waals surface area contributed by atoms with Crippen LogP contribution in [0, 0.1) is 10.1 Å². The average molecular weight is 443 g/mol. The molecule has 0 saturated heterocycles. The van der Waals surface area contributed by atoms with E-state index in [-0.39, 0.29) is 11.7 Å². The van der Waals surface area contributed by atoms with Crippen LogP contribution < -0.4 is 4.18 Å². The monoisotopic (exact) mass is 442 g/mol. The summed E-state index contributed by atoms with van der Waals surface area (Å²) in [4.78, 5) is 9.31. The molecule has 2 aromatic rings. The third-order valence-corrected chi connectivity index (χ3v) is 7.55. The van der Waals surface area contributed by atoms with Crippen LogP contribution in [0.3, 0.4) is 0 Å². The van der Waals surface area contributed by atoms with E-state index < -0.39 is 40.5 Å². The van der Waals surface area contributed by atoms with Crippen molar-refractivity contribution in [2.45, 2.75) is 36.0 Å². The summed E-state index contributed by atoms with van der Waals surface area (Å²) in [5.41, 5.74) is 0.116. The molecule has 9 nitrogen and oxygen atoms in total. The molecule has 2 aromatic carbocycles. The van der Waals surface area contributed by atoms with Crippen molar-refractivity contribution in [3.63, 3.8) is 0 Å². The molecule has 0 aromatic heterocycles. The van der Waals surface area contributed by atoms with E-state index >= 15 is 0 Å². The van der Waals surface area contributed by atoms with E-state index in [1.54, 1.807) is 12.1 Å². The lowest BCUT2D eigenvalue weighted by Crippen LogP contribution is -2.22. The van der Waals surface area contributed by atoms with Crippen molar-refractivity contribution in [1.82, 2.24) is 4.31 Å². The summed E-state index contributed by atoms with van der Waals surface area (Å²) < 4.78 is 55.5. The maximum atomic E-state index is 12.6. The van der Waals surface area contributed by atoms with Gasteiger partial charge in [0, 0.05) is 20.2 Å². The summed E-state index contributed by atoms with van der Waals surface area (Å²) in [6.45, 7) is 4.05. The van der Waals surface area contributed by atoms with Crippen molar-refractivity contribution in [3.05, 3.63) is 58.1 Å². The first-order chi connectivity index (χ1) is 13.4. The molecule has 0 aliphatic heterocycles. The molecule has 0 N–H and O–H groups in total. The van der Waals surface area contributed by atoms with E-state index in [2.05, 4.69) is 0 Å². The topological polar surface area (TPSA) is 124 Å². The van der Waals surface area contributed by atoms with Gasteiger partial charge in [-0.25, -0.2) is 12.7 Å². The molecule has 158 valence electrons. The zero-order valence-corrected chi connectivity index (χ0v) is 18.0. The maximum Gasteiger partial charge on any atom is 0.346 e. The van der Waals surface area contributed by atoms with Crippen LogP contribution in [0.4, 0.5) is 5.69 Å². The van der Waals surface area contributed by atoms with Crippen molar-refractivity contribution in [3.8, 4) is 5.75 Å². The van der Waals surface area contributed by atoms with Gasteiger partial charge in [0.25, 0.3) is 5.69 Å². The highest BCUT2D eigenvalue weighted by Crippen LogP contribution is 2.30. The van der Waals surface area contributed by atoms with Gasteiger partial charge in [-0.2, -0.15) is 8.42 Å². The van der Waals surface area contributed by atoms with Crippen molar-refractivity contribution in [1.29, 1.82) is 0 Å². The minimum atomic E-state index is -4.56. The van der Waals surface area contributed by atoms with Crippen molar-refractivity contribution < 1.29 is 25.9 Å². The molecule has 0 saturated carbocycles. The molecule has 0 radical (unpaired) electrons. The Morgan fingerprint density at radius 2 is 1.66 bits per heavy atom. The third kappa shape index (κ3) is 4.92. The van der Waals surface area contributed by atoms with E-state index in [1.807, 2.05) is 13.8 Å². The highest BCUT2D eigenvalue weighted by atomic mass is 32.2. The Hall–Kier alpha value is -2.50. The Morgan fingerprint density at radius 1 is 1.07 bits per heavy atom. The summed E-state index contributed by atoms with van der Waals surface area (Å²) in [6, 6.07) is 8.94. The van der Waals surface area contributed by atoms with Crippen LogP contribution in [-0.4, -0.2) is 40.2 Å². The molecule has 0 heterocycles. The van der Waals surface area contributed by atoms with Crippen molar-refractivity contribution >= 4 is 25.8 Å². The Balaban J connectivity index is 2.45. The van der Waals surface area contributed by atoms with Gasteiger partial charge >= 0.3 is 10.1 Å². The van der Waals surface area contributed by atoms with Gasteiger partial charge in [0.2, 0.25) is 10.0 Å². The minimum absolute atomic E-state index is 0.00339. The van der Waals surface area contributed by atoms with Crippen LogP contribution in [0.25, 0.3) is 0 Å². The van der Waals surface area contributed by atoms with Gasteiger partial charge in [-0.15, -0.1) is 0 Å². The Kier molecular flexibility index (Phi) is 6.66. The standard InChI is InChI=1S/C18H22N2O7S2/c1-5-13(2)14-6-8-15(9-7-14)27-29(25,26)18-11-10-16(12-17(18)20(21)22)28(23,24)19(3)4/h6-13H,5H2,1-4H3. The van der Waals surface area contributed by atoms with Crippen molar-refractivity contribution in [2.75, 3.05) is 14.1 Å². The number of hydrogen-bond acceptors (Lipinski definition) is 7. The molecule has 0 fully saturated rings. The van der Waals surface area contributed by atoms with Gasteiger partial charge in [-0.1, -0.05) is 26.0 Å². The molecule has 0 amide bonds. The quantitative estimate of drug-likeness (QED) is 0.349. The van der Waals surface area contributed by atoms with Gasteiger partial charge in [0.1, 0.15) is 5.75 Å². The van der Waals surface area contributed by atoms with E-state index in [9.17, 15) is 26.9 Å². The molecule has 11 heteroatoms. The Bertz CT molecular complexity index is 1110. The summed E-state index contributed by atoms with van der Waals surface area (Å²) in [5, 5.41) is 11.4. The van der Waals surface area contributed by atoms with Gasteiger partial charge in [0.15, 0.2) is 4.90 Å². The number of benzene rings is 2. The number of nitro benzene ring substituents is 1. The molecule has 0 spiro atoms. The first-order valence-corrected chi connectivity index (χ1v) is 11.5. The highest BCUT2D eigenvalue weighted by molar-refractivity contribution is 7.89. The number of rotatable bonds is 8. The number of nitrogens with zero attached hydrogens (tertiary/aromatic N) is 2. The highest BCUT2D eigenvalue weighted by Gasteiger charge is 2.31. The fourth-order valence-electron chi connectivity index (χ4n) is 2.48. The molecule has 0 bridgehead atoms. The number of sulfonamides is 1. The lowest BCUT2D eigenvalue weighted by molar-refractivity contribution is -0.388. The molecule has 1 atom stereocenters. The van der Waals surface area contributed by atoms with E-state index in [1.165, 1.54) is 26.2 Å². The Morgan fingerprint density at radius 3 is 2.14 bits per heavy atom. The second kappa shape index (κ2) is 8.47. The Labute approximate surface area is 170 Å². The van der Waals surface area contributed by atoms with E-state index in [0.717, 1.165) is 28.4 Å². The SMILES string of the molecule is CCC(C)c1ccc(OS(=O)(=O)c2ccc(S(=O)(=O)N(C)C)cc2[N+](=O)[O-])cc1.